The van der Waals surface area contributed by atoms with E-state index in [2.05, 4.69) is 0 Å². The molecule has 2 rings (SSSR count). The van der Waals surface area contributed by atoms with Crippen molar-refractivity contribution in [1.82, 2.24) is 0 Å². The molecule has 96 valence electrons. The lowest BCUT2D eigenvalue weighted by atomic mass is 10.0. The highest BCUT2D eigenvalue weighted by molar-refractivity contribution is 6.12. The van der Waals surface area contributed by atoms with Crippen molar-refractivity contribution in [2.45, 2.75) is 0 Å². The summed E-state index contributed by atoms with van der Waals surface area (Å²) < 4.78 is 0. The summed E-state index contributed by atoms with van der Waals surface area (Å²) in [5.74, 6) is -0.126. The number of hydrogen-bond donors (Lipinski definition) is 1. The molecule has 4 heteroatoms. The van der Waals surface area contributed by atoms with Crippen molar-refractivity contribution in [2.75, 3.05) is 17.7 Å². The van der Waals surface area contributed by atoms with E-state index in [0.717, 1.165) is 5.69 Å². The van der Waals surface area contributed by atoms with Crippen LogP contribution in [0.1, 0.15) is 15.9 Å². The fraction of sp³-hybridized carbons (Fsp3) is 0.0667. The molecule has 0 aliphatic heterocycles. The highest BCUT2D eigenvalue weighted by atomic mass is 16.1. The van der Waals surface area contributed by atoms with Gasteiger partial charge in [-0.3, -0.25) is 9.59 Å². The molecule has 0 radical (unpaired) electrons. The van der Waals surface area contributed by atoms with E-state index in [1.807, 2.05) is 0 Å². The van der Waals surface area contributed by atoms with Gasteiger partial charge < -0.3 is 10.6 Å². The zero-order chi connectivity index (χ0) is 13.8. The molecule has 0 saturated heterocycles. The Bertz CT molecular complexity index is 606. The van der Waals surface area contributed by atoms with Crippen molar-refractivity contribution in [1.29, 1.82) is 0 Å². The van der Waals surface area contributed by atoms with Gasteiger partial charge in [-0.25, -0.2) is 0 Å². The maximum absolute atomic E-state index is 12.3. The van der Waals surface area contributed by atoms with Crippen LogP contribution in [0.2, 0.25) is 0 Å². The van der Waals surface area contributed by atoms with Gasteiger partial charge in [0.2, 0.25) is 6.41 Å². The number of carbonyl (C=O) groups excluding carboxylic acids is 2. The van der Waals surface area contributed by atoms with Crippen molar-refractivity contribution >= 4 is 23.6 Å². The Morgan fingerprint density at radius 2 is 1.74 bits per heavy atom. The van der Waals surface area contributed by atoms with Gasteiger partial charge in [0.25, 0.3) is 0 Å². The van der Waals surface area contributed by atoms with Crippen LogP contribution in [0.25, 0.3) is 0 Å². The SMILES string of the molecule is CN(C=O)c1ccc(C(=O)c2ccccc2N)cc1. The number of rotatable bonds is 4. The van der Waals surface area contributed by atoms with Gasteiger partial charge in [0.1, 0.15) is 0 Å². The summed E-state index contributed by atoms with van der Waals surface area (Å²) in [4.78, 5) is 24.3. The van der Waals surface area contributed by atoms with E-state index in [1.54, 1.807) is 55.6 Å². The first-order valence-corrected chi connectivity index (χ1v) is 5.81. The molecule has 0 heterocycles. The molecule has 0 bridgehead atoms. The third kappa shape index (κ3) is 2.63. The number of para-hydroxylation sites is 1. The molecule has 0 atom stereocenters. The van der Waals surface area contributed by atoms with Crippen LogP contribution in [0, 0.1) is 0 Å². The van der Waals surface area contributed by atoms with Crippen molar-refractivity contribution in [3.05, 3.63) is 59.7 Å². The van der Waals surface area contributed by atoms with Crippen molar-refractivity contribution in [3.8, 4) is 0 Å². The van der Waals surface area contributed by atoms with E-state index in [4.69, 9.17) is 5.73 Å². The molecule has 2 aromatic carbocycles. The number of nitrogens with two attached hydrogens (primary N) is 1. The molecular weight excluding hydrogens is 240 g/mol. The summed E-state index contributed by atoms with van der Waals surface area (Å²) in [6.07, 6.45) is 0.714. The molecule has 1 amide bonds. The molecule has 0 spiro atoms. The van der Waals surface area contributed by atoms with E-state index < -0.39 is 0 Å². The zero-order valence-electron chi connectivity index (χ0n) is 10.5. The second-order valence-corrected chi connectivity index (χ2v) is 4.18. The second-order valence-electron chi connectivity index (χ2n) is 4.18. The van der Waals surface area contributed by atoms with Crippen LogP contribution in [-0.2, 0) is 4.79 Å². The number of amides is 1. The Morgan fingerprint density at radius 3 is 2.32 bits per heavy atom. The van der Waals surface area contributed by atoms with Gasteiger partial charge in [-0.1, -0.05) is 12.1 Å². The van der Waals surface area contributed by atoms with Gasteiger partial charge in [-0.15, -0.1) is 0 Å². The van der Waals surface area contributed by atoms with Crippen LogP contribution in [0.3, 0.4) is 0 Å². The fourth-order valence-electron chi connectivity index (χ4n) is 1.77. The van der Waals surface area contributed by atoms with E-state index in [0.29, 0.717) is 23.2 Å². The highest BCUT2D eigenvalue weighted by Crippen LogP contribution is 2.18. The molecule has 2 aromatic rings. The molecule has 0 aliphatic carbocycles. The first-order valence-electron chi connectivity index (χ1n) is 5.81. The topological polar surface area (TPSA) is 63.4 Å². The van der Waals surface area contributed by atoms with Crippen molar-refractivity contribution in [2.24, 2.45) is 0 Å². The molecule has 0 aromatic heterocycles. The van der Waals surface area contributed by atoms with E-state index in [1.165, 1.54) is 4.90 Å². The Hall–Kier alpha value is -2.62. The first kappa shape index (κ1) is 12.8. The van der Waals surface area contributed by atoms with Gasteiger partial charge in [-0.2, -0.15) is 0 Å². The maximum atomic E-state index is 12.3. The zero-order valence-corrected chi connectivity index (χ0v) is 10.5. The van der Waals surface area contributed by atoms with Gasteiger partial charge in [0.05, 0.1) is 0 Å². The monoisotopic (exact) mass is 254 g/mol. The quantitative estimate of drug-likeness (QED) is 0.516. The Balaban J connectivity index is 2.30. The number of carbonyl (C=O) groups is 2. The predicted molar refractivity (Wildman–Crippen MR) is 75.2 cm³/mol. The number of nitrogen functional groups attached to an aromatic ring is 1. The number of anilines is 2. The Morgan fingerprint density at radius 1 is 1.11 bits per heavy atom. The minimum Gasteiger partial charge on any atom is -0.398 e. The number of nitrogens with zero attached hydrogens (tertiary/aromatic N) is 1. The molecule has 0 aliphatic rings. The summed E-state index contributed by atoms with van der Waals surface area (Å²) in [6.45, 7) is 0. The summed E-state index contributed by atoms with van der Waals surface area (Å²) in [7, 11) is 1.65. The summed E-state index contributed by atoms with van der Waals surface area (Å²) in [6, 6.07) is 13.8. The number of ketones is 1. The predicted octanol–water partition coefficient (Wildman–Crippen LogP) is 2.09. The Labute approximate surface area is 111 Å². The maximum Gasteiger partial charge on any atom is 0.213 e. The van der Waals surface area contributed by atoms with Crippen molar-refractivity contribution < 1.29 is 9.59 Å². The lowest BCUT2D eigenvalue weighted by molar-refractivity contribution is -0.107. The minimum atomic E-state index is -0.126. The summed E-state index contributed by atoms with van der Waals surface area (Å²) in [5.41, 5.74) is 8.00. The van der Waals surface area contributed by atoms with E-state index in [-0.39, 0.29) is 5.78 Å². The van der Waals surface area contributed by atoms with Crippen LogP contribution in [-0.4, -0.2) is 19.2 Å². The standard InChI is InChI=1S/C15H14N2O2/c1-17(10-18)12-8-6-11(7-9-12)15(19)13-4-2-3-5-14(13)16/h2-10H,16H2,1H3. The lowest BCUT2D eigenvalue weighted by Gasteiger charge is -2.11. The van der Waals surface area contributed by atoms with Gasteiger partial charge in [0.15, 0.2) is 5.78 Å². The highest BCUT2D eigenvalue weighted by Gasteiger charge is 2.11. The molecular formula is C15H14N2O2. The summed E-state index contributed by atoms with van der Waals surface area (Å²) in [5, 5.41) is 0. The van der Waals surface area contributed by atoms with Crippen LogP contribution in [0.15, 0.2) is 48.5 Å². The van der Waals surface area contributed by atoms with Crippen LogP contribution in [0.5, 0.6) is 0 Å². The van der Waals surface area contributed by atoms with Gasteiger partial charge in [-0.05, 0) is 36.4 Å². The number of hydrogen-bond acceptors (Lipinski definition) is 3. The van der Waals surface area contributed by atoms with Gasteiger partial charge in [0, 0.05) is 29.5 Å². The average Bonchev–Trinajstić information content (AvgIpc) is 2.46. The van der Waals surface area contributed by atoms with Crippen LogP contribution in [0.4, 0.5) is 11.4 Å². The largest absolute Gasteiger partial charge is 0.398 e. The smallest absolute Gasteiger partial charge is 0.213 e. The fourth-order valence-corrected chi connectivity index (χ4v) is 1.77. The van der Waals surface area contributed by atoms with Gasteiger partial charge >= 0.3 is 0 Å². The third-order valence-corrected chi connectivity index (χ3v) is 2.90. The normalized spacial score (nSPS) is 9.95. The molecule has 0 unspecified atom stereocenters. The molecule has 2 N–H and O–H groups in total. The van der Waals surface area contributed by atoms with E-state index >= 15 is 0 Å². The Kier molecular flexibility index (Phi) is 3.61. The van der Waals surface area contributed by atoms with Crippen LogP contribution < -0.4 is 10.6 Å². The molecule has 0 fully saturated rings. The average molecular weight is 254 g/mol. The van der Waals surface area contributed by atoms with Crippen molar-refractivity contribution in [3.63, 3.8) is 0 Å². The second kappa shape index (κ2) is 5.35. The molecule has 0 saturated carbocycles. The third-order valence-electron chi connectivity index (χ3n) is 2.90. The molecule has 19 heavy (non-hydrogen) atoms. The van der Waals surface area contributed by atoms with E-state index in [9.17, 15) is 9.59 Å². The molecule has 4 nitrogen and oxygen atoms in total. The first-order chi connectivity index (χ1) is 9.13. The minimum absolute atomic E-state index is 0.126. The number of benzene rings is 2. The lowest BCUT2D eigenvalue weighted by Crippen LogP contribution is -2.13. The summed E-state index contributed by atoms with van der Waals surface area (Å²) >= 11 is 0. The van der Waals surface area contributed by atoms with Crippen LogP contribution >= 0.6 is 0 Å².